The summed E-state index contributed by atoms with van der Waals surface area (Å²) in [6.07, 6.45) is 4.86. The van der Waals surface area contributed by atoms with E-state index in [9.17, 15) is 9.18 Å². The summed E-state index contributed by atoms with van der Waals surface area (Å²) in [5.74, 6) is 0.209. The van der Waals surface area contributed by atoms with Crippen LogP contribution in [0.15, 0.2) is 18.3 Å². The third-order valence-electron chi connectivity index (χ3n) is 3.36. The summed E-state index contributed by atoms with van der Waals surface area (Å²) in [4.78, 5) is 15.2. The second-order valence-corrected chi connectivity index (χ2v) is 4.84. The van der Waals surface area contributed by atoms with E-state index in [1.54, 1.807) is 6.07 Å². The van der Waals surface area contributed by atoms with Crippen molar-refractivity contribution in [2.24, 2.45) is 11.8 Å². The fourth-order valence-corrected chi connectivity index (χ4v) is 2.40. The van der Waals surface area contributed by atoms with Crippen LogP contribution in [0.1, 0.15) is 36.5 Å². The van der Waals surface area contributed by atoms with Gasteiger partial charge in [0.25, 0.3) is 5.91 Å². The lowest BCUT2D eigenvalue weighted by atomic mass is 10.1. The van der Waals surface area contributed by atoms with Crippen LogP contribution in [-0.2, 0) is 0 Å². The third kappa shape index (κ3) is 3.02. The number of hydrogen-bond acceptors (Lipinski definition) is 2. The zero-order valence-corrected chi connectivity index (χ0v) is 9.95. The molecule has 1 aliphatic rings. The Kier molecular flexibility index (Phi) is 3.71. The maximum Gasteiger partial charge on any atom is 0.255 e. The molecule has 1 heterocycles. The van der Waals surface area contributed by atoms with Crippen LogP contribution in [0.3, 0.4) is 0 Å². The van der Waals surface area contributed by atoms with Crippen molar-refractivity contribution in [3.8, 4) is 0 Å². The molecule has 2 atom stereocenters. The van der Waals surface area contributed by atoms with Crippen molar-refractivity contribution in [2.45, 2.75) is 26.2 Å². The SMILES string of the molecule is CC1CCC(CNC(=O)c2cccnc2F)C1. The Morgan fingerprint density at radius 3 is 3.06 bits per heavy atom. The molecule has 2 rings (SSSR count). The lowest BCUT2D eigenvalue weighted by Gasteiger charge is -2.11. The maximum absolute atomic E-state index is 13.2. The van der Waals surface area contributed by atoms with Crippen molar-refractivity contribution in [1.29, 1.82) is 0 Å². The van der Waals surface area contributed by atoms with Crippen LogP contribution in [0.25, 0.3) is 0 Å². The van der Waals surface area contributed by atoms with Crippen molar-refractivity contribution >= 4 is 5.91 Å². The average molecular weight is 236 g/mol. The lowest BCUT2D eigenvalue weighted by molar-refractivity contribution is 0.0942. The van der Waals surface area contributed by atoms with Crippen LogP contribution >= 0.6 is 0 Å². The molecule has 3 nitrogen and oxygen atoms in total. The minimum Gasteiger partial charge on any atom is -0.352 e. The van der Waals surface area contributed by atoms with Crippen molar-refractivity contribution in [3.63, 3.8) is 0 Å². The van der Waals surface area contributed by atoms with Gasteiger partial charge in [0, 0.05) is 12.7 Å². The minimum absolute atomic E-state index is 0.0264. The molecule has 1 amide bonds. The second-order valence-electron chi connectivity index (χ2n) is 4.84. The number of amides is 1. The van der Waals surface area contributed by atoms with Gasteiger partial charge in [0.15, 0.2) is 0 Å². The summed E-state index contributed by atoms with van der Waals surface area (Å²) < 4.78 is 13.2. The van der Waals surface area contributed by atoms with Gasteiger partial charge >= 0.3 is 0 Å². The highest BCUT2D eigenvalue weighted by Crippen LogP contribution is 2.29. The highest BCUT2D eigenvalue weighted by molar-refractivity contribution is 5.94. The first-order valence-electron chi connectivity index (χ1n) is 6.05. The van der Waals surface area contributed by atoms with Crippen LogP contribution in [0, 0.1) is 17.8 Å². The van der Waals surface area contributed by atoms with E-state index in [1.807, 2.05) is 0 Å². The molecule has 0 aliphatic heterocycles. The molecule has 0 spiro atoms. The van der Waals surface area contributed by atoms with E-state index in [2.05, 4.69) is 17.2 Å². The smallest absolute Gasteiger partial charge is 0.255 e. The van der Waals surface area contributed by atoms with Crippen LogP contribution < -0.4 is 5.32 Å². The zero-order valence-electron chi connectivity index (χ0n) is 9.95. The van der Waals surface area contributed by atoms with Crippen LogP contribution in [0.5, 0.6) is 0 Å². The molecule has 1 aliphatic carbocycles. The highest BCUT2D eigenvalue weighted by atomic mass is 19.1. The molecule has 92 valence electrons. The van der Waals surface area contributed by atoms with E-state index >= 15 is 0 Å². The van der Waals surface area contributed by atoms with E-state index in [0.717, 1.165) is 18.8 Å². The Bertz CT molecular complexity index is 408. The number of nitrogens with zero attached hydrogens (tertiary/aromatic N) is 1. The normalized spacial score (nSPS) is 23.6. The summed E-state index contributed by atoms with van der Waals surface area (Å²) in [5, 5.41) is 2.78. The van der Waals surface area contributed by atoms with E-state index in [-0.39, 0.29) is 11.5 Å². The molecule has 4 heteroatoms. The molecule has 1 fully saturated rings. The first kappa shape index (κ1) is 12.0. The van der Waals surface area contributed by atoms with E-state index < -0.39 is 5.95 Å². The number of carbonyl (C=O) groups is 1. The monoisotopic (exact) mass is 236 g/mol. The Morgan fingerprint density at radius 2 is 2.41 bits per heavy atom. The summed E-state index contributed by atoms with van der Waals surface area (Å²) in [5.41, 5.74) is 0.0264. The van der Waals surface area contributed by atoms with Crippen molar-refractivity contribution in [2.75, 3.05) is 6.54 Å². The zero-order chi connectivity index (χ0) is 12.3. The van der Waals surface area contributed by atoms with Crippen molar-refractivity contribution < 1.29 is 9.18 Å². The van der Waals surface area contributed by atoms with E-state index in [1.165, 1.54) is 18.7 Å². The predicted octanol–water partition coefficient (Wildman–Crippen LogP) is 2.39. The van der Waals surface area contributed by atoms with Crippen LogP contribution in [0.4, 0.5) is 4.39 Å². The molecule has 1 aromatic heterocycles. The molecule has 0 saturated heterocycles. The van der Waals surface area contributed by atoms with Gasteiger partial charge in [-0.15, -0.1) is 0 Å². The molecular weight excluding hydrogens is 219 g/mol. The van der Waals surface area contributed by atoms with Crippen molar-refractivity contribution in [3.05, 3.63) is 29.8 Å². The van der Waals surface area contributed by atoms with Gasteiger partial charge in [-0.2, -0.15) is 4.39 Å². The van der Waals surface area contributed by atoms with Gasteiger partial charge in [-0.1, -0.05) is 13.3 Å². The second kappa shape index (κ2) is 5.25. The molecule has 1 N–H and O–H groups in total. The molecule has 2 unspecified atom stereocenters. The van der Waals surface area contributed by atoms with Gasteiger partial charge in [-0.05, 0) is 36.8 Å². The molecule has 17 heavy (non-hydrogen) atoms. The summed E-state index contributed by atoms with van der Waals surface area (Å²) >= 11 is 0. The molecule has 0 aromatic carbocycles. The quantitative estimate of drug-likeness (QED) is 0.819. The number of pyridine rings is 1. The first-order chi connectivity index (χ1) is 8.16. The number of hydrogen-bond donors (Lipinski definition) is 1. The molecular formula is C13H17FN2O. The number of nitrogens with one attached hydrogen (secondary N) is 1. The van der Waals surface area contributed by atoms with Crippen molar-refractivity contribution in [1.82, 2.24) is 10.3 Å². The van der Waals surface area contributed by atoms with Gasteiger partial charge in [0.1, 0.15) is 0 Å². The minimum atomic E-state index is -0.704. The summed E-state index contributed by atoms with van der Waals surface area (Å²) in [6, 6.07) is 3.02. The fourth-order valence-electron chi connectivity index (χ4n) is 2.40. The topological polar surface area (TPSA) is 42.0 Å². The molecule has 1 saturated carbocycles. The number of rotatable bonds is 3. The van der Waals surface area contributed by atoms with Crippen LogP contribution in [-0.4, -0.2) is 17.4 Å². The number of halogens is 1. The van der Waals surface area contributed by atoms with Gasteiger partial charge < -0.3 is 5.32 Å². The Labute approximate surface area is 100 Å². The van der Waals surface area contributed by atoms with Gasteiger partial charge in [-0.3, -0.25) is 4.79 Å². The van der Waals surface area contributed by atoms with E-state index in [0.29, 0.717) is 12.5 Å². The number of aromatic nitrogens is 1. The summed E-state index contributed by atoms with van der Waals surface area (Å²) in [7, 11) is 0. The fraction of sp³-hybridized carbons (Fsp3) is 0.538. The maximum atomic E-state index is 13.2. The Morgan fingerprint density at radius 1 is 1.59 bits per heavy atom. The number of carbonyl (C=O) groups excluding carboxylic acids is 1. The molecule has 0 bridgehead atoms. The van der Waals surface area contributed by atoms with Gasteiger partial charge in [0.2, 0.25) is 5.95 Å². The predicted molar refractivity (Wildman–Crippen MR) is 63.0 cm³/mol. The standard InChI is InChI=1S/C13H17FN2O/c1-9-4-5-10(7-9)8-16-13(17)11-3-2-6-15-12(11)14/h2-3,6,9-10H,4-5,7-8H2,1H3,(H,16,17). The Balaban J connectivity index is 1.88. The molecule has 1 aromatic rings. The third-order valence-corrected chi connectivity index (χ3v) is 3.36. The van der Waals surface area contributed by atoms with E-state index in [4.69, 9.17) is 0 Å². The first-order valence-corrected chi connectivity index (χ1v) is 6.05. The highest BCUT2D eigenvalue weighted by Gasteiger charge is 2.22. The summed E-state index contributed by atoms with van der Waals surface area (Å²) in [6.45, 7) is 2.86. The Hall–Kier alpha value is -1.45. The lowest BCUT2D eigenvalue weighted by Crippen LogP contribution is -2.29. The average Bonchev–Trinajstić information content (AvgIpc) is 2.73. The molecule has 0 radical (unpaired) electrons. The van der Waals surface area contributed by atoms with Gasteiger partial charge in [0.05, 0.1) is 5.56 Å². The van der Waals surface area contributed by atoms with Crippen LogP contribution in [0.2, 0.25) is 0 Å². The largest absolute Gasteiger partial charge is 0.352 e. The van der Waals surface area contributed by atoms with Gasteiger partial charge in [-0.25, -0.2) is 4.98 Å².